The topological polar surface area (TPSA) is 114 Å². The first kappa shape index (κ1) is 14.4. The van der Waals surface area contributed by atoms with Crippen LogP contribution in [0.4, 0.5) is 0 Å². The Morgan fingerprint density at radius 1 is 1.29 bits per heavy atom. The summed E-state index contributed by atoms with van der Waals surface area (Å²) in [4.78, 5) is 10.6. The lowest BCUT2D eigenvalue weighted by atomic mass is 10.2. The van der Waals surface area contributed by atoms with E-state index in [1.165, 1.54) is 4.31 Å². The van der Waals surface area contributed by atoms with E-state index in [2.05, 4.69) is 0 Å². The Kier molecular flexibility index (Phi) is 5.31. The van der Waals surface area contributed by atoms with E-state index < -0.39 is 28.8 Å². The molecule has 1 aliphatic heterocycles. The number of aliphatic hydroxyl groups excluding tert-OH is 1. The van der Waals surface area contributed by atoms with Gasteiger partial charge in [-0.3, -0.25) is 0 Å². The van der Waals surface area contributed by atoms with Gasteiger partial charge in [0.05, 0.1) is 0 Å². The maximum absolute atomic E-state index is 11.9. The van der Waals surface area contributed by atoms with Crippen molar-refractivity contribution in [2.24, 2.45) is 0 Å². The lowest BCUT2D eigenvalue weighted by molar-refractivity contribution is -0.547. The largest absolute Gasteiger partial charge is 0.544 e. The molecule has 0 amide bonds. The van der Waals surface area contributed by atoms with Gasteiger partial charge in [-0.25, -0.2) is 4.72 Å². The molecule has 0 aromatic rings. The fourth-order valence-electron chi connectivity index (χ4n) is 1.76. The van der Waals surface area contributed by atoms with Crippen molar-refractivity contribution in [1.82, 2.24) is 4.31 Å². The van der Waals surface area contributed by atoms with Crippen molar-refractivity contribution in [3.05, 3.63) is 0 Å². The van der Waals surface area contributed by atoms with Crippen LogP contribution < -0.4 is 9.83 Å². The Morgan fingerprint density at radius 3 is 2.24 bits per heavy atom. The highest BCUT2D eigenvalue weighted by Gasteiger charge is 2.29. The van der Waals surface area contributed by atoms with Crippen molar-refractivity contribution in [2.75, 3.05) is 19.7 Å². The van der Waals surface area contributed by atoms with E-state index in [9.17, 15) is 18.3 Å². The zero-order valence-electron chi connectivity index (χ0n) is 9.54. The van der Waals surface area contributed by atoms with E-state index in [0.717, 1.165) is 25.7 Å². The van der Waals surface area contributed by atoms with Crippen molar-refractivity contribution >= 4 is 16.2 Å². The number of carboxylic acid groups (broad SMARTS) is 1. The minimum Gasteiger partial charge on any atom is -0.544 e. The summed E-state index contributed by atoms with van der Waals surface area (Å²) in [6, 6.07) is -1.47. The average molecular weight is 266 g/mol. The second kappa shape index (κ2) is 6.29. The number of carbonyl (C=O) groups is 1. The molecule has 0 aliphatic carbocycles. The van der Waals surface area contributed by atoms with Crippen LogP contribution in [0, 0.1) is 0 Å². The number of quaternary nitrogens is 1. The molecule has 3 N–H and O–H groups in total. The molecule has 0 bridgehead atoms. The Bertz CT molecular complexity index is 348. The number of nitrogens with two attached hydrogens (primary N) is 1. The Morgan fingerprint density at radius 2 is 1.82 bits per heavy atom. The summed E-state index contributed by atoms with van der Waals surface area (Å²) >= 11 is 0. The molecule has 17 heavy (non-hydrogen) atoms. The number of aliphatic carboxylic acids is 1. The highest BCUT2D eigenvalue weighted by atomic mass is 32.2. The number of carboxylic acids is 1. The van der Waals surface area contributed by atoms with Crippen LogP contribution >= 0.6 is 0 Å². The molecule has 0 aromatic carbocycles. The van der Waals surface area contributed by atoms with Crippen LogP contribution in [-0.2, 0) is 15.0 Å². The first-order valence-corrected chi connectivity index (χ1v) is 7.14. The van der Waals surface area contributed by atoms with E-state index in [0.29, 0.717) is 17.8 Å². The van der Waals surface area contributed by atoms with Crippen LogP contribution in [-0.4, -0.2) is 49.5 Å². The number of rotatable bonds is 5. The predicted octanol–water partition coefficient (Wildman–Crippen LogP) is -3.22. The number of carbonyl (C=O) groups excluding carboxylic acids is 1. The smallest absolute Gasteiger partial charge is 0.369 e. The molecule has 1 saturated heterocycles. The van der Waals surface area contributed by atoms with Gasteiger partial charge in [0.15, 0.2) is 6.04 Å². The fraction of sp³-hybridized carbons (Fsp3) is 0.889. The molecule has 1 atom stereocenters. The van der Waals surface area contributed by atoms with Gasteiger partial charge in [0.25, 0.3) is 0 Å². The van der Waals surface area contributed by atoms with Crippen molar-refractivity contribution in [2.45, 2.75) is 31.7 Å². The summed E-state index contributed by atoms with van der Waals surface area (Å²) in [5.41, 5.74) is 0. The summed E-state index contributed by atoms with van der Waals surface area (Å²) in [5, 5.41) is 19.4. The molecule has 0 saturated carbocycles. The van der Waals surface area contributed by atoms with E-state index in [4.69, 9.17) is 5.11 Å². The van der Waals surface area contributed by atoms with Gasteiger partial charge < -0.3 is 15.0 Å². The molecule has 0 aromatic heterocycles. The second-order valence-corrected chi connectivity index (χ2v) is 5.92. The summed E-state index contributed by atoms with van der Waals surface area (Å²) in [7, 11) is -3.74. The van der Waals surface area contributed by atoms with E-state index in [1.54, 1.807) is 0 Å². The van der Waals surface area contributed by atoms with Gasteiger partial charge in [-0.2, -0.15) is 12.7 Å². The summed E-state index contributed by atoms with van der Waals surface area (Å²) in [6.45, 7) is 0.0451. The molecule has 1 rings (SSSR count). The summed E-state index contributed by atoms with van der Waals surface area (Å²) in [5.74, 6) is -1.58. The van der Waals surface area contributed by atoms with Gasteiger partial charge in [0, 0.05) is 13.1 Å². The fourth-order valence-corrected chi connectivity index (χ4v) is 3.31. The zero-order valence-corrected chi connectivity index (χ0v) is 10.4. The van der Waals surface area contributed by atoms with Crippen molar-refractivity contribution in [3.8, 4) is 0 Å². The van der Waals surface area contributed by atoms with Gasteiger partial charge in [0.1, 0.15) is 12.6 Å². The molecule has 1 fully saturated rings. The third kappa shape index (κ3) is 4.23. The van der Waals surface area contributed by atoms with Gasteiger partial charge in [0.2, 0.25) is 0 Å². The maximum atomic E-state index is 11.9. The molecule has 0 spiro atoms. The van der Waals surface area contributed by atoms with Gasteiger partial charge >= 0.3 is 10.2 Å². The van der Waals surface area contributed by atoms with Crippen LogP contribution in [0.2, 0.25) is 0 Å². The molecule has 0 unspecified atom stereocenters. The zero-order chi connectivity index (χ0) is 12.9. The third-order valence-electron chi connectivity index (χ3n) is 2.76. The van der Waals surface area contributed by atoms with E-state index >= 15 is 0 Å². The molecule has 8 heteroatoms. The monoisotopic (exact) mass is 266 g/mol. The lowest BCUT2D eigenvalue weighted by Crippen LogP contribution is -2.98. The molecular formula is C9H18N2O5S. The number of hydrogen-bond acceptors (Lipinski definition) is 5. The molecule has 1 aliphatic rings. The third-order valence-corrected chi connectivity index (χ3v) is 4.52. The van der Waals surface area contributed by atoms with Gasteiger partial charge in [-0.05, 0) is 12.8 Å². The lowest BCUT2D eigenvalue weighted by Gasteiger charge is -2.21. The Labute approximate surface area is 101 Å². The average Bonchev–Trinajstić information content (AvgIpc) is 2.54. The second-order valence-electron chi connectivity index (χ2n) is 4.10. The molecule has 0 radical (unpaired) electrons. The molecule has 1 heterocycles. The molecule has 100 valence electrons. The minimum absolute atomic E-state index is 0.407. The highest BCUT2D eigenvalue weighted by Crippen LogP contribution is 2.10. The highest BCUT2D eigenvalue weighted by molar-refractivity contribution is 7.82. The summed E-state index contributed by atoms with van der Waals surface area (Å²) in [6.07, 6.45) is 3.52. The van der Waals surface area contributed by atoms with E-state index in [1.807, 2.05) is 0 Å². The summed E-state index contributed by atoms with van der Waals surface area (Å²) < 4.78 is 25.7. The quantitative estimate of drug-likeness (QED) is 0.543. The van der Waals surface area contributed by atoms with Crippen LogP contribution in [0.3, 0.4) is 0 Å². The predicted molar refractivity (Wildman–Crippen MR) is 56.8 cm³/mol. The SMILES string of the molecule is O=C([O-])[C@H](CO)[NH2+]S(=O)(=O)N1CCCCCC1. The minimum atomic E-state index is -3.74. The maximum Gasteiger partial charge on any atom is 0.369 e. The molecule has 7 nitrogen and oxygen atoms in total. The number of hydrogen-bond donors (Lipinski definition) is 2. The first-order valence-electron chi connectivity index (χ1n) is 5.64. The van der Waals surface area contributed by atoms with Crippen LogP contribution in [0.1, 0.15) is 25.7 Å². The Hall–Kier alpha value is -0.700. The van der Waals surface area contributed by atoms with Crippen molar-refractivity contribution < 1.29 is 28.1 Å². The number of aliphatic hydroxyl groups is 1. The van der Waals surface area contributed by atoms with Crippen LogP contribution in [0.15, 0.2) is 0 Å². The van der Waals surface area contributed by atoms with E-state index in [-0.39, 0.29) is 0 Å². The Balaban J connectivity index is 2.68. The van der Waals surface area contributed by atoms with Gasteiger partial charge in [-0.1, -0.05) is 12.8 Å². The van der Waals surface area contributed by atoms with Crippen molar-refractivity contribution in [1.29, 1.82) is 0 Å². The normalized spacial score (nSPS) is 20.8. The molecular weight excluding hydrogens is 248 g/mol. The number of nitrogens with zero attached hydrogens (tertiary/aromatic N) is 1. The van der Waals surface area contributed by atoms with Crippen LogP contribution in [0.25, 0.3) is 0 Å². The first-order chi connectivity index (χ1) is 7.97. The van der Waals surface area contributed by atoms with Crippen LogP contribution in [0.5, 0.6) is 0 Å². The van der Waals surface area contributed by atoms with Crippen molar-refractivity contribution in [3.63, 3.8) is 0 Å². The standard InChI is InChI=1S/C9H18N2O5S/c12-7-8(9(13)14)10-17(15,16)11-5-3-1-2-4-6-11/h8,10,12H,1-7H2,(H,13,14)/t8-/m0/s1. The van der Waals surface area contributed by atoms with Gasteiger partial charge in [-0.15, -0.1) is 0 Å².